The number of carbonyl (C=O) groups excluding carboxylic acids is 2. The molecule has 9 heteroatoms. The first-order valence-electron chi connectivity index (χ1n) is 10.8. The highest BCUT2D eigenvalue weighted by Gasteiger charge is 2.30. The van der Waals surface area contributed by atoms with Gasteiger partial charge in [-0.15, -0.1) is 0 Å². The van der Waals surface area contributed by atoms with Gasteiger partial charge >= 0.3 is 17.9 Å². The summed E-state index contributed by atoms with van der Waals surface area (Å²) in [6, 6.07) is 14.2. The summed E-state index contributed by atoms with van der Waals surface area (Å²) >= 11 is 7.95. The number of nitrogens with zero attached hydrogens (tertiary/aromatic N) is 1. The van der Waals surface area contributed by atoms with Gasteiger partial charge < -0.3 is 19.5 Å². The highest BCUT2D eigenvalue weighted by molar-refractivity contribution is 7.99. The van der Waals surface area contributed by atoms with E-state index < -0.39 is 23.8 Å². The van der Waals surface area contributed by atoms with Gasteiger partial charge in [0.2, 0.25) is 0 Å². The molecular weight excluding hydrogens is 466 g/mol. The second kappa shape index (κ2) is 10.7. The van der Waals surface area contributed by atoms with Crippen LogP contribution in [0.3, 0.4) is 0 Å². The number of piperidine rings is 1. The first-order chi connectivity index (χ1) is 15.9. The van der Waals surface area contributed by atoms with Crippen molar-refractivity contribution in [1.29, 1.82) is 0 Å². The number of carboxylic acids is 1. The van der Waals surface area contributed by atoms with Crippen molar-refractivity contribution in [2.24, 2.45) is 5.92 Å². The van der Waals surface area contributed by atoms with Crippen molar-refractivity contribution in [3.05, 3.63) is 58.6 Å². The number of fused-ring (bicyclic) bond motifs is 2. The zero-order valence-corrected chi connectivity index (χ0v) is 19.4. The Morgan fingerprint density at radius 2 is 1.97 bits per heavy atom. The number of aliphatic carboxylic acids is 1. The zero-order chi connectivity index (χ0) is 23.4. The maximum absolute atomic E-state index is 12.1. The number of carboxylic acid groups (broad SMARTS) is 1. The minimum atomic E-state index is -1.77. The van der Waals surface area contributed by atoms with Gasteiger partial charge in [0.15, 0.2) is 0 Å². The van der Waals surface area contributed by atoms with E-state index in [1.54, 1.807) is 11.8 Å². The molecule has 2 aromatic carbocycles. The summed E-state index contributed by atoms with van der Waals surface area (Å²) in [5.74, 6) is -4.61. The van der Waals surface area contributed by atoms with Gasteiger partial charge in [-0.2, -0.15) is 0 Å². The Morgan fingerprint density at radius 3 is 2.79 bits per heavy atom. The minimum absolute atomic E-state index is 0.118. The van der Waals surface area contributed by atoms with Gasteiger partial charge in [-0.25, -0.2) is 9.59 Å². The Labute approximate surface area is 201 Å². The summed E-state index contributed by atoms with van der Waals surface area (Å²) in [5.41, 5.74) is 2.29. The van der Waals surface area contributed by atoms with E-state index in [0.717, 1.165) is 29.0 Å². The average molecular weight is 490 g/mol. The van der Waals surface area contributed by atoms with Crippen LogP contribution < -0.4 is 0 Å². The Kier molecular flexibility index (Phi) is 7.70. The Morgan fingerprint density at radius 1 is 1.15 bits per heavy atom. The predicted molar refractivity (Wildman–Crippen MR) is 122 cm³/mol. The van der Waals surface area contributed by atoms with Gasteiger partial charge in [-0.3, -0.25) is 4.79 Å². The number of carbonyl (C=O) groups is 3. The number of rotatable bonds is 5. The smallest absolute Gasteiger partial charge is 0.424 e. The van der Waals surface area contributed by atoms with Gasteiger partial charge in [0.25, 0.3) is 0 Å². The molecule has 1 saturated heterocycles. The summed E-state index contributed by atoms with van der Waals surface area (Å²) in [5, 5.41) is 9.33. The molecule has 33 heavy (non-hydrogen) atoms. The van der Waals surface area contributed by atoms with Crippen LogP contribution in [0.1, 0.15) is 30.1 Å². The van der Waals surface area contributed by atoms with Crippen molar-refractivity contribution < 1.29 is 29.0 Å². The maximum Gasteiger partial charge on any atom is 0.424 e. The maximum atomic E-state index is 12.1. The number of esters is 2. The highest BCUT2D eigenvalue weighted by Crippen LogP contribution is 2.42. The van der Waals surface area contributed by atoms with Gasteiger partial charge in [0.1, 0.15) is 0 Å². The molecule has 4 rings (SSSR count). The zero-order valence-electron chi connectivity index (χ0n) is 17.9. The molecule has 0 bridgehead atoms. The van der Waals surface area contributed by atoms with Crippen molar-refractivity contribution in [3.63, 3.8) is 0 Å². The van der Waals surface area contributed by atoms with E-state index in [0.29, 0.717) is 37.6 Å². The standard InChI is InChI=1S/C24H24ClNO6S/c25-17-7-8-20-16(12-17)13-19(18-5-1-2-6-21(18)33-20)31-11-10-26-9-3-4-15(14-26)23(29)32-24(30)22(27)28/h1-2,5-8,12,15,19H,3-4,9-11,13-14H2,(H,27,28). The van der Waals surface area contributed by atoms with Crippen LogP contribution in [0.2, 0.25) is 5.02 Å². The lowest BCUT2D eigenvalue weighted by molar-refractivity contribution is -0.173. The van der Waals surface area contributed by atoms with E-state index in [-0.39, 0.29) is 6.10 Å². The molecule has 2 aromatic rings. The number of halogens is 1. The lowest BCUT2D eigenvalue weighted by Crippen LogP contribution is -2.41. The van der Waals surface area contributed by atoms with E-state index in [1.807, 2.05) is 30.3 Å². The highest BCUT2D eigenvalue weighted by atomic mass is 35.5. The fourth-order valence-corrected chi connectivity index (χ4v) is 5.52. The molecule has 7 nitrogen and oxygen atoms in total. The van der Waals surface area contributed by atoms with Gasteiger partial charge in [0, 0.05) is 34.3 Å². The average Bonchev–Trinajstić information content (AvgIpc) is 2.95. The molecule has 2 aliphatic heterocycles. The van der Waals surface area contributed by atoms with E-state index in [1.165, 1.54) is 4.90 Å². The summed E-state index contributed by atoms with van der Waals surface area (Å²) in [4.78, 5) is 38.3. The molecule has 0 aliphatic carbocycles. The van der Waals surface area contributed by atoms with Crippen LogP contribution in [0.5, 0.6) is 0 Å². The van der Waals surface area contributed by atoms with Crippen LogP contribution in [-0.2, 0) is 30.3 Å². The van der Waals surface area contributed by atoms with Crippen molar-refractivity contribution >= 4 is 41.3 Å². The fourth-order valence-electron chi connectivity index (χ4n) is 4.22. The van der Waals surface area contributed by atoms with Crippen LogP contribution in [-0.4, -0.2) is 54.2 Å². The number of likely N-dealkylation sites (tertiary alicyclic amines) is 1. The van der Waals surface area contributed by atoms with Crippen LogP contribution in [0.4, 0.5) is 0 Å². The van der Waals surface area contributed by atoms with E-state index in [4.69, 9.17) is 21.4 Å². The summed E-state index contributed by atoms with van der Waals surface area (Å²) in [6.07, 6.45) is 1.92. The van der Waals surface area contributed by atoms with Crippen LogP contribution in [0.15, 0.2) is 52.3 Å². The molecule has 1 N–H and O–H groups in total. The van der Waals surface area contributed by atoms with Gasteiger partial charge in [0.05, 0.1) is 18.6 Å². The third kappa shape index (κ3) is 5.95. The van der Waals surface area contributed by atoms with Crippen LogP contribution in [0.25, 0.3) is 0 Å². The normalized spacial score (nSPS) is 20.3. The summed E-state index contributed by atoms with van der Waals surface area (Å²) < 4.78 is 10.8. The molecule has 0 amide bonds. The van der Waals surface area contributed by atoms with Crippen LogP contribution in [0, 0.1) is 5.92 Å². The fraction of sp³-hybridized carbons (Fsp3) is 0.375. The first kappa shape index (κ1) is 23.8. The van der Waals surface area contributed by atoms with Gasteiger partial charge in [-0.05, 0) is 54.8 Å². The third-order valence-corrected chi connectivity index (χ3v) is 7.29. The molecule has 0 saturated carbocycles. The monoisotopic (exact) mass is 489 g/mol. The first-order valence-corrected chi connectivity index (χ1v) is 12.0. The Hall–Kier alpha value is -2.39. The third-order valence-electron chi connectivity index (χ3n) is 5.85. The Balaban J connectivity index is 1.37. The lowest BCUT2D eigenvalue weighted by Gasteiger charge is -2.31. The molecular formula is C24H24ClNO6S. The molecule has 2 aliphatic rings. The number of ether oxygens (including phenoxy) is 2. The van der Waals surface area contributed by atoms with E-state index >= 15 is 0 Å². The predicted octanol–water partition coefficient (Wildman–Crippen LogP) is 3.97. The number of benzene rings is 2. The van der Waals surface area contributed by atoms with Gasteiger partial charge in [-0.1, -0.05) is 41.6 Å². The van der Waals surface area contributed by atoms with Crippen molar-refractivity contribution in [2.75, 3.05) is 26.2 Å². The molecule has 0 radical (unpaired) electrons. The minimum Gasteiger partial charge on any atom is -0.473 e. The molecule has 0 aromatic heterocycles. The SMILES string of the molecule is O=C(O)C(=O)OC(=O)C1CCCN(CCOC2Cc3cc(Cl)ccc3Sc3ccccc32)C1. The second-order valence-corrected chi connectivity index (χ2v) is 9.63. The van der Waals surface area contributed by atoms with E-state index in [9.17, 15) is 14.4 Å². The molecule has 2 heterocycles. The molecule has 2 unspecified atom stereocenters. The Bertz CT molecular complexity index is 1060. The topological polar surface area (TPSA) is 93.1 Å². The largest absolute Gasteiger partial charge is 0.473 e. The number of hydrogen-bond donors (Lipinski definition) is 1. The van der Waals surface area contributed by atoms with Crippen molar-refractivity contribution in [3.8, 4) is 0 Å². The second-order valence-electron chi connectivity index (χ2n) is 8.11. The molecule has 1 fully saturated rings. The van der Waals surface area contributed by atoms with Crippen molar-refractivity contribution in [1.82, 2.24) is 4.90 Å². The summed E-state index contributed by atoms with van der Waals surface area (Å²) in [7, 11) is 0. The van der Waals surface area contributed by atoms with Crippen molar-refractivity contribution in [2.45, 2.75) is 35.2 Å². The summed E-state index contributed by atoms with van der Waals surface area (Å²) in [6.45, 7) is 2.29. The number of hydrogen-bond acceptors (Lipinski definition) is 7. The van der Waals surface area contributed by atoms with Crippen LogP contribution >= 0.6 is 23.4 Å². The molecule has 0 spiro atoms. The lowest BCUT2D eigenvalue weighted by atomic mass is 9.98. The van der Waals surface area contributed by atoms with E-state index in [2.05, 4.69) is 21.8 Å². The molecule has 174 valence electrons. The molecule has 2 atom stereocenters. The quantitative estimate of drug-likeness (QED) is 0.383.